The Bertz CT molecular complexity index is 845. The number of anilines is 1. The van der Waals surface area contributed by atoms with Crippen molar-refractivity contribution in [3.05, 3.63) is 33.7 Å². The number of thioether (sulfide) groups is 1. The third-order valence-electron chi connectivity index (χ3n) is 2.59. The van der Waals surface area contributed by atoms with Crippen molar-refractivity contribution in [1.29, 1.82) is 0 Å². The highest BCUT2D eigenvalue weighted by Crippen LogP contribution is 2.29. The summed E-state index contributed by atoms with van der Waals surface area (Å²) in [5, 5.41) is 14.2. The minimum absolute atomic E-state index is 0.0398. The second-order valence-electron chi connectivity index (χ2n) is 5.68. The lowest BCUT2D eigenvalue weighted by molar-refractivity contribution is 0.631. The van der Waals surface area contributed by atoms with E-state index in [0.29, 0.717) is 5.75 Å². The van der Waals surface area contributed by atoms with Crippen LogP contribution in [0.1, 0.15) is 26.5 Å². The Labute approximate surface area is 139 Å². The zero-order chi connectivity index (χ0) is 15.7. The molecule has 0 bridgehead atoms. The quantitative estimate of drug-likeness (QED) is 0.727. The molecule has 0 radical (unpaired) electrons. The normalized spacial score (nSPS) is 12.0. The van der Waals surface area contributed by atoms with E-state index in [1.807, 2.05) is 5.38 Å². The van der Waals surface area contributed by atoms with Crippen LogP contribution in [0.5, 0.6) is 0 Å². The van der Waals surface area contributed by atoms with Crippen molar-refractivity contribution in [2.45, 2.75) is 36.4 Å². The molecule has 3 aromatic rings. The van der Waals surface area contributed by atoms with E-state index in [-0.39, 0.29) is 11.1 Å². The lowest BCUT2D eigenvalue weighted by atomic mass is 10.1. The van der Waals surface area contributed by atoms with E-state index >= 15 is 0 Å². The fourth-order valence-corrected chi connectivity index (χ4v) is 4.33. The predicted octanol–water partition coefficient (Wildman–Crippen LogP) is 3.11. The molecule has 3 heterocycles. The van der Waals surface area contributed by atoms with Gasteiger partial charge in [0.05, 0.1) is 5.69 Å². The molecule has 0 atom stereocenters. The largest absolute Gasteiger partial charge is 0.355 e. The molecule has 3 aromatic heterocycles. The van der Waals surface area contributed by atoms with Crippen LogP contribution in [0.15, 0.2) is 26.8 Å². The fourth-order valence-electron chi connectivity index (χ4n) is 1.74. The summed E-state index contributed by atoms with van der Waals surface area (Å²) >= 11 is 4.50. The minimum Gasteiger partial charge on any atom is -0.355 e. The summed E-state index contributed by atoms with van der Waals surface area (Å²) in [5.74, 6) is 0.605. The summed E-state index contributed by atoms with van der Waals surface area (Å²) in [6, 6.07) is 1.57. The highest BCUT2D eigenvalue weighted by molar-refractivity contribution is 8.00. The smallest absolute Gasteiger partial charge is 0.258 e. The first-order valence-electron chi connectivity index (χ1n) is 6.61. The Morgan fingerprint density at radius 2 is 2.18 bits per heavy atom. The van der Waals surface area contributed by atoms with Crippen LogP contribution in [0.4, 0.5) is 5.13 Å². The second-order valence-corrected chi connectivity index (χ2v) is 8.75. The summed E-state index contributed by atoms with van der Waals surface area (Å²) < 4.78 is 2.41. The number of fused-ring (bicyclic) bond motifs is 1. The maximum atomic E-state index is 11.9. The van der Waals surface area contributed by atoms with Crippen LogP contribution < -0.4 is 10.9 Å². The number of nitrogens with zero attached hydrogens (tertiary/aromatic N) is 4. The van der Waals surface area contributed by atoms with E-state index in [2.05, 4.69) is 41.3 Å². The van der Waals surface area contributed by atoms with Crippen molar-refractivity contribution >= 4 is 44.5 Å². The lowest BCUT2D eigenvalue weighted by Crippen LogP contribution is -2.25. The molecule has 116 valence electrons. The van der Waals surface area contributed by atoms with E-state index < -0.39 is 0 Å². The molecule has 0 amide bonds. The zero-order valence-corrected chi connectivity index (χ0v) is 14.8. The Morgan fingerprint density at radius 1 is 1.36 bits per heavy atom. The molecule has 1 N–H and O–H groups in total. The molecule has 0 saturated heterocycles. The van der Waals surface area contributed by atoms with Gasteiger partial charge in [0.25, 0.3) is 5.56 Å². The molecule has 0 aliphatic carbocycles. The van der Waals surface area contributed by atoms with Crippen molar-refractivity contribution in [2.75, 3.05) is 5.32 Å². The molecule has 6 nitrogen and oxygen atoms in total. The highest BCUT2D eigenvalue weighted by atomic mass is 32.2. The molecule has 0 aliphatic rings. The average Bonchev–Trinajstić information content (AvgIpc) is 3.03. The number of hydrogen-bond donors (Lipinski definition) is 1. The second kappa shape index (κ2) is 5.98. The van der Waals surface area contributed by atoms with Crippen LogP contribution in [0.25, 0.3) is 4.96 Å². The first-order valence-corrected chi connectivity index (χ1v) is 9.29. The van der Waals surface area contributed by atoms with Crippen LogP contribution in [0.2, 0.25) is 0 Å². The molecular weight excluding hydrogens is 338 g/mol. The maximum absolute atomic E-state index is 11.9. The van der Waals surface area contributed by atoms with E-state index in [9.17, 15) is 4.79 Å². The van der Waals surface area contributed by atoms with Crippen LogP contribution in [0.3, 0.4) is 0 Å². The van der Waals surface area contributed by atoms with Crippen molar-refractivity contribution in [1.82, 2.24) is 19.6 Å². The monoisotopic (exact) mass is 353 g/mol. The molecule has 0 aliphatic heterocycles. The van der Waals surface area contributed by atoms with E-state index in [0.717, 1.165) is 20.1 Å². The molecule has 0 aromatic carbocycles. The van der Waals surface area contributed by atoms with Gasteiger partial charge in [0.15, 0.2) is 9.30 Å². The van der Waals surface area contributed by atoms with Crippen LogP contribution in [-0.4, -0.2) is 25.1 Å². The molecule has 22 heavy (non-hydrogen) atoms. The van der Waals surface area contributed by atoms with Gasteiger partial charge in [-0.05, 0) is 20.8 Å². The Balaban J connectivity index is 1.70. The molecule has 0 unspecified atom stereocenters. The SMILES string of the molecule is CC(C)(C)Nc1nnc(SCc2cc(=O)n3ccsc3n2)s1. The topological polar surface area (TPSA) is 72.2 Å². The van der Waals surface area contributed by atoms with Crippen LogP contribution >= 0.6 is 34.4 Å². The third kappa shape index (κ3) is 3.65. The number of hydrogen-bond acceptors (Lipinski definition) is 8. The highest BCUT2D eigenvalue weighted by Gasteiger charge is 2.13. The van der Waals surface area contributed by atoms with Gasteiger partial charge in [0.1, 0.15) is 0 Å². The van der Waals surface area contributed by atoms with E-state index in [1.54, 1.807) is 16.7 Å². The number of rotatable bonds is 4. The van der Waals surface area contributed by atoms with Crippen LogP contribution in [0, 0.1) is 0 Å². The first-order chi connectivity index (χ1) is 10.4. The first kappa shape index (κ1) is 15.4. The Morgan fingerprint density at radius 3 is 2.95 bits per heavy atom. The summed E-state index contributed by atoms with van der Waals surface area (Å²) in [4.78, 5) is 17.1. The number of nitrogens with one attached hydrogen (secondary N) is 1. The minimum atomic E-state index is -0.0470. The van der Waals surface area contributed by atoms with Gasteiger partial charge < -0.3 is 5.32 Å². The van der Waals surface area contributed by atoms with Gasteiger partial charge in [-0.2, -0.15) is 0 Å². The fraction of sp³-hybridized carbons (Fsp3) is 0.385. The van der Waals surface area contributed by atoms with Crippen molar-refractivity contribution < 1.29 is 0 Å². The number of thiazole rings is 1. The van der Waals surface area contributed by atoms with Gasteiger partial charge in [0, 0.05) is 28.9 Å². The van der Waals surface area contributed by atoms with Gasteiger partial charge in [-0.3, -0.25) is 9.20 Å². The number of aromatic nitrogens is 4. The maximum Gasteiger partial charge on any atom is 0.258 e. The van der Waals surface area contributed by atoms with Crippen molar-refractivity contribution in [3.8, 4) is 0 Å². The zero-order valence-electron chi connectivity index (χ0n) is 12.4. The molecule has 0 fully saturated rings. The molecule has 0 saturated carbocycles. The summed E-state index contributed by atoms with van der Waals surface area (Å²) in [6.45, 7) is 6.23. The standard InChI is InChI=1S/C13H15N5OS3/c1-13(2,3)15-10-16-17-12(22-10)21-7-8-6-9(19)18-4-5-20-11(18)14-8/h4-6H,7H2,1-3H3,(H,15,16). The van der Waals surface area contributed by atoms with E-state index in [4.69, 9.17) is 0 Å². The van der Waals surface area contributed by atoms with Gasteiger partial charge in [-0.15, -0.1) is 21.5 Å². The van der Waals surface area contributed by atoms with Gasteiger partial charge in [-0.25, -0.2) is 4.98 Å². The molecule has 0 spiro atoms. The lowest BCUT2D eigenvalue weighted by Gasteiger charge is -2.18. The Hall–Kier alpha value is -1.45. The van der Waals surface area contributed by atoms with Crippen LogP contribution in [-0.2, 0) is 5.75 Å². The molecule has 3 rings (SSSR count). The van der Waals surface area contributed by atoms with Crippen molar-refractivity contribution in [2.24, 2.45) is 0 Å². The van der Waals surface area contributed by atoms with E-state index in [1.165, 1.54) is 34.4 Å². The van der Waals surface area contributed by atoms with Gasteiger partial charge in [0.2, 0.25) is 5.13 Å². The van der Waals surface area contributed by atoms with Gasteiger partial charge >= 0.3 is 0 Å². The summed E-state index contributed by atoms with van der Waals surface area (Å²) in [6.07, 6.45) is 1.74. The Kier molecular flexibility index (Phi) is 4.20. The van der Waals surface area contributed by atoms with Gasteiger partial charge in [-0.1, -0.05) is 23.1 Å². The summed E-state index contributed by atoms with van der Waals surface area (Å²) in [5.41, 5.74) is 0.675. The third-order valence-corrected chi connectivity index (χ3v) is 5.35. The molecule has 9 heteroatoms. The molecular formula is C13H15N5OS3. The van der Waals surface area contributed by atoms with Crippen molar-refractivity contribution in [3.63, 3.8) is 0 Å². The summed E-state index contributed by atoms with van der Waals surface area (Å²) in [7, 11) is 0. The predicted molar refractivity (Wildman–Crippen MR) is 92.2 cm³/mol. The average molecular weight is 353 g/mol.